The molecule has 2 aromatic carbocycles. The monoisotopic (exact) mass is 295 g/mol. The van der Waals surface area contributed by atoms with Gasteiger partial charge in [0.2, 0.25) is 0 Å². The van der Waals surface area contributed by atoms with Crippen LogP contribution in [0.5, 0.6) is 11.5 Å². The molecule has 3 rings (SSSR count). The first-order chi connectivity index (χ1) is 10.8. The fraction of sp³-hybridized carbons (Fsp3) is 0.167. The second-order valence-corrected chi connectivity index (χ2v) is 4.97. The van der Waals surface area contributed by atoms with Crippen molar-refractivity contribution in [3.05, 3.63) is 77.7 Å². The summed E-state index contributed by atoms with van der Waals surface area (Å²) >= 11 is 0. The molecule has 0 amide bonds. The predicted molar refractivity (Wildman–Crippen MR) is 82.8 cm³/mol. The summed E-state index contributed by atoms with van der Waals surface area (Å²) in [4.78, 5) is 0. The summed E-state index contributed by atoms with van der Waals surface area (Å²) in [5.74, 6) is 2.29. The molecule has 4 heteroatoms. The van der Waals surface area contributed by atoms with Crippen molar-refractivity contribution in [1.29, 1.82) is 0 Å². The van der Waals surface area contributed by atoms with Gasteiger partial charge in [-0.15, -0.1) is 0 Å². The molecule has 22 heavy (non-hydrogen) atoms. The standard InChI is InChI=1S/C18H17NO3/c1-14-11-18(22-19-14)13-21-17-9-7-16(8-10-17)20-12-15-5-3-2-4-6-15/h2-11H,12-13H2,1H3. The summed E-state index contributed by atoms with van der Waals surface area (Å²) in [7, 11) is 0. The lowest BCUT2D eigenvalue weighted by atomic mass is 10.2. The van der Waals surface area contributed by atoms with Crippen molar-refractivity contribution in [3.8, 4) is 11.5 Å². The molecule has 0 atom stereocenters. The molecule has 3 aromatic rings. The van der Waals surface area contributed by atoms with Gasteiger partial charge in [0.15, 0.2) is 5.76 Å². The highest BCUT2D eigenvalue weighted by Crippen LogP contribution is 2.19. The van der Waals surface area contributed by atoms with Gasteiger partial charge < -0.3 is 14.0 Å². The van der Waals surface area contributed by atoms with Crippen molar-refractivity contribution in [3.63, 3.8) is 0 Å². The van der Waals surface area contributed by atoms with E-state index >= 15 is 0 Å². The molecule has 0 fully saturated rings. The molecule has 0 radical (unpaired) electrons. The molecule has 0 N–H and O–H groups in total. The third kappa shape index (κ3) is 3.88. The van der Waals surface area contributed by atoms with Crippen LogP contribution in [0.4, 0.5) is 0 Å². The van der Waals surface area contributed by atoms with Crippen LogP contribution in [0.25, 0.3) is 0 Å². The summed E-state index contributed by atoms with van der Waals surface area (Å²) in [6.45, 7) is 2.80. The Bertz CT molecular complexity index is 705. The predicted octanol–water partition coefficient (Wildman–Crippen LogP) is 4.14. The lowest BCUT2D eigenvalue weighted by Gasteiger charge is -2.08. The number of hydrogen-bond acceptors (Lipinski definition) is 4. The van der Waals surface area contributed by atoms with E-state index in [0.29, 0.717) is 19.0 Å². The maximum absolute atomic E-state index is 5.73. The summed E-state index contributed by atoms with van der Waals surface area (Å²) in [6.07, 6.45) is 0. The highest BCUT2D eigenvalue weighted by Gasteiger charge is 2.02. The van der Waals surface area contributed by atoms with Gasteiger partial charge in [-0.1, -0.05) is 35.5 Å². The molecule has 0 saturated carbocycles. The van der Waals surface area contributed by atoms with Crippen molar-refractivity contribution in [1.82, 2.24) is 5.16 Å². The Morgan fingerprint density at radius 3 is 2.09 bits per heavy atom. The number of hydrogen-bond donors (Lipinski definition) is 0. The average Bonchev–Trinajstić information content (AvgIpc) is 2.98. The van der Waals surface area contributed by atoms with E-state index in [2.05, 4.69) is 5.16 Å². The van der Waals surface area contributed by atoms with Gasteiger partial charge in [-0.2, -0.15) is 0 Å². The van der Waals surface area contributed by atoms with Gasteiger partial charge >= 0.3 is 0 Å². The second kappa shape index (κ2) is 6.80. The van der Waals surface area contributed by atoms with Gasteiger partial charge in [0, 0.05) is 6.07 Å². The number of rotatable bonds is 6. The normalized spacial score (nSPS) is 10.4. The number of benzene rings is 2. The zero-order valence-electron chi connectivity index (χ0n) is 12.4. The van der Waals surface area contributed by atoms with Crippen LogP contribution in [0.2, 0.25) is 0 Å². The van der Waals surface area contributed by atoms with E-state index in [1.165, 1.54) is 0 Å². The molecular formula is C18H17NO3. The van der Waals surface area contributed by atoms with Gasteiger partial charge in [0.1, 0.15) is 24.7 Å². The van der Waals surface area contributed by atoms with Crippen LogP contribution >= 0.6 is 0 Å². The molecule has 1 heterocycles. The van der Waals surface area contributed by atoms with Crippen molar-refractivity contribution < 1.29 is 14.0 Å². The summed E-state index contributed by atoms with van der Waals surface area (Å²) in [5, 5.41) is 3.82. The minimum atomic E-state index is 0.366. The van der Waals surface area contributed by atoms with Crippen LogP contribution < -0.4 is 9.47 Å². The molecule has 0 bridgehead atoms. The van der Waals surface area contributed by atoms with E-state index in [1.807, 2.05) is 67.6 Å². The van der Waals surface area contributed by atoms with E-state index in [4.69, 9.17) is 14.0 Å². The smallest absolute Gasteiger partial charge is 0.174 e. The zero-order chi connectivity index (χ0) is 15.2. The SMILES string of the molecule is Cc1cc(COc2ccc(OCc3ccccc3)cc2)on1. The highest BCUT2D eigenvalue weighted by atomic mass is 16.5. The zero-order valence-corrected chi connectivity index (χ0v) is 12.4. The van der Waals surface area contributed by atoms with Crippen LogP contribution in [0.3, 0.4) is 0 Å². The minimum Gasteiger partial charge on any atom is -0.489 e. The maximum Gasteiger partial charge on any atom is 0.174 e. The fourth-order valence-corrected chi connectivity index (χ4v) is 2.01. The molecule has 0 saturated heterocycles. The van der Waals surface area contributed by atoms with Gasteiger partial charge in [0.25, 0.3) is 0 Å². The first-order valence-electron chi connectivity index (χ1n) is 7.11. The Morgan fingerprint density at radius 2 is 1.50 bits per heavy atom. The Kier molecular flexibility index (Phi) is 4.39. The van der Waals surface area contributed by atoms with E-state index in [1.54, 1.807) is 0 Å². The van der Waals surface area contributed by atoms with E-state index in [0.717, 1.165) is 22.8 Å². The van der Waals surface area contributed by atoms with Crippen LogP contribution in [-0.4, -0.2) is 5.16 Å². The average molecular weight is 295 g/mol. The van der Waals surface area contributed by atoms with Gasteiger partial charge in [-0.25, -0.2) is 0 Å². The van der Waals surface area contributed by atoms with E-state index < -0.39 is 0 Å². The van der Waals surface area contributed by atoms with Crippen molar-refractivity contribution in [2.75, 3.05) is 0 Å². The highest BCUT2D eigenvalue weighted by molar-refractivity contribution is 5.31. The van der Waals surface area contributed by atoms with Crippen LogP contribution in [0.15, 0.2) is 65.2 Å². The van der Waals surface area contributed by atoms with Gasteiger partial charge in [0.05, 0.1) is 5.69 Å². The van der Waals surface area contributed by atoms with E-state index in [9.17, 15) is 0 Å². The molecule has 0 aliphatic carbocycles. The van der Waals surface area contributed by atoms with Crippen LogP contribution in [0.1, 0.15) is 17.0 Å². The number of aromatic nitrogens is 1. The molecule has 0 aliphatic rings. The summed E-state index contributed by atoms with van der Waals surface area (Å²) < 4.78 is 16.5. The maximum atomic E-state index is 5.73. The second-order valence-electron chi connectivity index (χ2n) is 4.97. The Hall–Kier alpha value is -2.75. The van der Waals surface area contributed by atoms with Crippen LogP contribution in [-0.2, 0) is 13.2 Å². The van der Waals surface area contributed by atoms with Gasteiger partial charge in [-0.05, 0) is 36.8 Å². The molecule has 0 spiro atoms. The lowest BCUT2D eigenvalue weighted by molar-refractivity contribution is 0.248. The number of ether oxygens (including phenoxy) is 2. The third-order valence-corrected chi connectivity index (χ3v) is 3.13. The Labute approximate surface area is 129 Å². The first-order valence-corrected chi connectivity index (χ1v) is 7.11. The molecule has 1 aromatic heterocycles. The molecular weight excluding hydrogens is 278 g/mol. The van der Waals surface area contributed by atoms with Gasteiger partial charge in [-0.3, -0.25) is 0 Å². The largest absolute Gasteiger partial charge is 0.489 e. The summed E-state index contributed by atoms with van der Waals surface area (Å²) in [5.41, 5.74) is 1.99. The summed E-state index contributed by atoms with van der Waals surface area (Å²) in [6, 6.07) is 19.5. The topological polar surface area (TPSA) is 44.5 Å². The molecule has 4 nitrogen and oxygen atoms in total. The van der Waals surface area contributed by atoms with Crippen molar-refractivity contribution in [2.24, 2.45) is 0 Å². The lowest BCUT2D eigenvalue weighted by Crippen LogP contribution is -1.96. The van der Waals surface area contributed by atoms with Crippen LogP contribution in [0, 0.1) is 6.92 Å². The van der Waals surface area contributed by atoms with Crippen molar-refractivity contribution >= 4 is 0 Å². The first kappa shape index (κ1) is 14.2. The Morgan fingerprint density at radius 1 is 0.864 bits per heavy atom. The third-order valence-electron chi connectivity index (χ3n) is 3.13. The molecule has 0 aliphatic heterocycles. The fourth-order valence-electron chi connectivity index (χ4n) is 2.01. The number of aryl methyl sites for hydroxylation is 1. The van der Waals surface area contributed by atoms with E-state index in [-0.39, 0.29) is 0 Å². The molecule has 0 unspecified atom stereocenters. The number of nitrogens with zero attached hydrogens (tertiary/aromatic N) is 1. The Balaban J connectivity index is 1.51. The van der Waals surface area contributed by atoms with Crippen molar-refractivity contribution in [2.45, 2.75) is 20.1 Å². The molecule has 112 valence electrons. The minimum absolute atomic E-state index is 0.366. The quantitative estimate of drug-likeness (QED) is 0.685.